The SMILES string of the molecule is CC(=O)N1CC(C)N(c2nn(C3CC4(CNC4)C3)c(C)c2-c2c(Cl)c(C)cc(N)c2C=N)C(C)C1. The van der Waals surface area contributed by atoms with Gasteiger partial charge in [-0.15, -0.1) is 0 Å². The largest absolute Gasteiger partial charge is 0.398 e. The lowest BCUT2D eigenvalue weighted by atomic mass is 9.61. The van der Waals surface area contributed by atoms with Crippen LogP contribution in [0.3, 0.4) is 0 Å². The van der Waals surface area contributed by atoms with Gasteiger partial charge in [0, 0.05) is 79.5 Å². The minimum absolute atomic E-state index is 0.0806. The molecule has 1 amide bonds. The predicted molar refractivity (Wildman–Crippen MR) is 142 cm³/mol. The molecule has 1 spiro atoms. The Balaban J connectivity index is 1.67. The monoisotopic (exact) mass is 497 g/mol. The standard InChI is InChI=1S/C26H36ClN7O/c1-14-6-21(29)20(9-28)23(24(14)27)22-17(4)34(19-7-26(8-19)12-30-13-26)31-25(22)33-15(2)10-32(18(5)35)11-16(33)3/h6,9,15-16,19,28,30H,7-8,10-13,29H2,1-5H3. The maximum atomic E-state index is 12.1. The third-order valence-electron chi connectivity index (χ3n) is 8.34. The zero-order chi connectivity index (χ0) is 25.2. The topological polar surface area (TPSA) is 103 Å². The van der Waals surface area contributed by atoms with Gasteiger partial charge in [0.05, 0.1) is 11.1 Å². The van der Waals surface area contributed by atoms with Gasteiger partial charge in [0.25, 0.3) is 0 Å². The number of piperazine rings is 1. The molecule has 3 fully saturated rings. The van der Waals surface area contributed by atoms with Gasteiger partial charge < -0.3 is 26.3 Å². The normalized spacial score (nSPS) is 23.8. The smallest absolute Gasteiger partial charge is 0.219 e. The molecule has 188 valence electrons. The van der Waals surface area contributed by atoms with E-state index < -0.39 is 0 Å². The molecule has 9 heteroatoms. The number of amides is 1. The van der Waals surface area contributed by atoms with E-state index in [1.807, 2.05) is 17.9 Å². The molecule has 2 aromatic rings. The number of nitrogens with zero attached hydrogens (tertiary/aromatic N) is 4. The van der Waals surface area contributed by atoms with Crippen LogP contribution in [0, 0.1) is 24.7 Å². The molecule has 2 saturated heterocycles. The van der Waals surface area contributed by atoms with Crippen LogP contribution in [-0.2, 0) is 4.79 Å². The first-order chi connectivity index (χ1) is 16.6. The maximum Gasteiger partial charge on any atom is 0.219 e. The van der Waals surface area contributed by atoms with E-state index in [1.165, 1.54) is 6.21 Å². The Morgan fingerprint density at radius 3 is 2.37 bits per heavy atom. The minimum atomic E-state index is 0.0806. The number of aromatic nitrogens is 2. The van der Waals surface area contributed by atoms with Crippen LogP contribution >= 0.6 is 11.6 Å². The van der Waals surface area contributed by atoms with Crippen LogP contribution in [0.25, 0.3) is 11.1 Å². The summed E-state index contributed by atoms with van der Waals surface area (Å²) in [6.07, 6.45) is 3.53. The average molecular weight is 498 g/mol. The quantitative estimate of drug-likeness (QED) is 0.440. The van der Waals surface area contributed by atoms with Crippen molar-refractivity contribution in [2.75, 3.05) is 36.8 Å². The zero-order valence-corrected chi connectivity index (χ0v) is 22.0. The summed E-state index contributed by atoms with van der Waals surface area (Å²) in [5, 5.41) is 17.4. The third kappa shape index (κ3) is 3.73. The molecule has 1 saturated carbocycles. The van der Waals surface area contributed by atoms with E-state index in [2.05, 4.69) is 35.7 Å². The van der Waals surface area contributed by atoms with Gasteiger partial charge in [0.1, 0.15) is 0 Å². The van der Waals surface area contributed by atoms with E-state index in [9.17, 15) is 4.79 Å². The molecule has 0 radical (unpaired) electrons. The first kappa shape index (κ1) is 24.1. The number of carbonyl (C=O) groups excluding carboxylic acids is 1. The number of anilines is 2. The molecule has 2 atom stereocenters. The van der Waals surface area contributed by atoms with Crippen LogP contribution < -0.4 is 16.0 Å². The van der Waals surface area contributed by atoms with E-state index in [1.54, 1.807) is 6.92 Å². The van der Waals surface area contributed by atoms with E-state index in [4.69, 9.17) is 27.8 Å². The van der Waals surface area contributed by atoms with Gasteiger partial charge in [-0.1, -0.05) is 11.6 Å². The Morgan fingerprint density at radius 1 is 1.23 bits per heavy atom. The van der Waals surface area contributed by atoms with Crippen LogP contribution in [0.5, 0.6) is 0 Å². The molecule has 3 aliphatic rings. The van der Waals surface area contributed by atoms with E-state index >= 15 is 0 Å². The molecule has 1 aliphatic carbocycles. The van der Waals surface area contributed by atoms with Gasteiger partial charge >= 0.3 is 0 Å². The molecule has 5 rings (SSSR count). The average Bonchev–Trinajstić information content (AvgIpc) is 3.04. The van der Waals surface area contributed by atoms with Crippen molar-refractivity contribution >= 4 is 35.2 Å². The van der Waals surface area contributed by atoms with Crippen LogP contribution in [0.2, 0.25) is 5.02 Å². The lowest BCUT2D eigenvalue weighted by Gasteiger charge is -2.54. The fraction of sp³-hybridized carbons (Fsp3) is 0.577. The lowest BCUT2D eigenvalue weighted by molar-refractivity contribution is -0.130. The highest BCUT2D eigenvalue weighted by Crippen LogP contribution is 2.53. The van der Waals surface area contributed by atoms with Crippen LogP contribution in [0.4, 0.5) is 11.5 Å². The summed E-state index contributed by atoms with van der Waals surface area (Å²) in [6.45, 7) is 13.4. The van der Waals surface area contributed by atoms with Gasteiger partial charge in [0.2, 0.25) is 5.91 Å². The van der Waals surface area contributed by atoms with Gasteiger partial charge in [-0.05, 0) is 57.6 Å². The highest BCUT2D eigenvalue weighted by atomic mass is 35.5. The first-order valence-electron chi connectivity index (χ1n) is 12.5. The van der Waals surface area contributed by atoms with Gasteiger partial charge in [-0.25, -0.2) is 0 Å². The number of hydrogen-bond donors (Lipinski definition) is 3. The zero-order valence-electron chi connectivity index (χ0n) is 21.3. The molecule has 0 bridgehead atoms. The summed E-state index contributed by atoms with van der Waals surface area (Å²) < 4.78 is 2.19. The van der Waals surface area contributed by atoms with Gasteiger partial charge in [0.15, 0.2) is 5.82 Å². The molecule has 3 heterocycles. The van der Waals surface area contributed by atoms with Crippen molar-refractivity contribution in [3.8, 4) is 11.1 Å². The lowest BCUT2D eigenvalue weighted by Crippen LogP contribution is -2.60. The maximum absolute atomic E-state index is 12.1. The Kier molecular flexibility index (Phi) is 5.87. The molecule has 4 N–H and O–H groups in total. The first-order valence-corrected chi connectivity index (χ1v) is 12.9. The fourth-order valence-corrected chi connectivity index (χ4v) is 6.69. The second kappa shape index (κ2) is 8.52. The second-order valence-corrected chi connectivity index (χ2v) is 11.3. The number of aryl methyl sites for hydroxylation is 1. The number of hydrogen-bond acceptors (Lipinski definition) is 6. The van der Waals surface area contributed by atoms with Crippen molar-refractivity contribution in [1.82, 2.24) is 20.0 Å². The summed E-state index contributed by atoms with van der Waals surface area (Å²) in [5.41, 5.74) is 11.6. The number of halogens is 1. The summed E-state index contributed by atoms with van der Waals surface area (Å²) in [7, 11) is 0. The summed E-state index contributed by atoms with van der Waals surface area (Å²) >= 11 is 6.94. The van der Waals surface area contributed by atoms with E-state index in [-0.39, 0.29) is 18.0 Å². The van der Waals surface area contributed by atoms with Crippen molar-refractivity contribution in [2.45, 2.75) is 65.6 Å². The Labute approximate surface area is 212 Å². The molecule has 35 heavy (non-hydrogen) atoms. The van der Waals surface area contributed by atoms with Crippen molar-refractivity contribution in [3.63, 3.8) is 0 Å². The molecule has 1 aromatic heterocycles. The molecule has 2 aliphatic heterocycles. The van der Waals surface area contributed by atoms with Crippen molar-refractivity contribution < 1.29 is 4.79 Å². The van der Waals surface area contributed by atoms with Crippen LogP contribution in [-0.4, -0.2) is 65.1 Å². The van der Waals surface area contributed by atoms with Crippen molar-refractivity contribution in [1.29, 1.82) is 5.41 Å². The van der Waals surface area contributed by atoms with Crippen molar-refractivity contribution in [2.24, 2.45) is 5.41 Å². The van der Waals surface area contributed by atoms with E-state index in [0.717, 1.165) is 54.1 Å². The summed E-state index contributed by atoms with van der Waals surface area (Å²) in [6, 6.07) is 2.34. The molecule has 8 nitrogen and oxygen atoms in total. The van der Waals surface area contributed by atoms with E-state index in [0.29, 0.717) is 40.8 Å². The van der Waals surface area contributed by atoms with Crippen LogP contribution in [0.1, 0.15) is 56.5 Å². The van der Waals surface area contributed by atoms with Crippen LogP contribution in [0.15, 0.2) is 6.07 Å². The third-order valence-corrected chi connectivity index (χ3v) is 8.82. The Bertz CT molecular complexity index is 1180. The molecular formula is C26H36ClN7O. The Hall–Kier alpha value is -2.58. The Morgan fingerprint density at radius 2 is 1.86 bits per heavy atom. The summed E-state index contributed by atoms with van der Waals surface area (Å²) in [4.78, 5) is 16.4. The molecular weight excluding hydrogens is 462 g/mol. The number of nitrogen functional groups attached to an aromatic ring is 1. The summed E-state index contributed by atoms with van der Waals surface area (Å²) in [5.74, 6) is 0.966. The predicted octanol–water partition coefficient (Wildman–Crippen LogP) is 3.77. The highest BCUT2D eigenvalue weighted by molar-refractivity contribution is 6.35. The van der Waals surface area contributed by atoms with Gasteiger partial charge in [-0.2, -0.15) is 5.10 Å². The van der Waals surface area contributed by atoms with Gasteiger partial charge in [-0.3, -0.25) is 9.48 Å². The second-order valence-electron chi connectivity index (χ2n) is 11.0. The molecule has 2 unspecified atom stereocenters. The highest BCUT2D eigenvalue weighted by Gasteiger charge is 2.50. The van der Waals surface area contributed by atoms with Crippen molar-refractivity contribution in [3.05, 3.63) is 27.9 Å². The number of carbonyl (C=O) groups is 1. The fourth-order valence-electron chi connectivity index (χ4n) is 6.44. The number of benzene rings is 1. The minimum Gasteiger partial charge on any atom is -0.398 e. The molecule has 1 aromatic carbocycles. The number of rotatable bonds is 4. The number of nitrogens with two attached hydrogens (primary N) is 1. The number of nitrogens with one attached hydrogen (secondary N) is 2.